The van der Waals surface area contributed by atoms with Gasteiger partial charge in [-0.25, -0.2) is 9.78 Å². The number of carbonyl (C=O) groups excluding carboxylic acids is 3. The molecule has 2 heterocycles. The zero-order chi connectivity index (χ0) is 27.7. The number of benzene rings is 2. The quantitative estimate of drug-likeness (QED) is 0.115. The van der Waals surface area contributed by atoms with E-state index >= 15 is 0 Å². The van der Waals surface area contributed by atoms with Crippen LogP contribution in [0.3, 0.4) is 0 Å². The zero-order valence-electron chi connectivity index (χ0n) is 20.9. The van der Waals surface area contributed by atoms with Gasteiger partial charge in [0, 0.05) is 17.7 Å². The molecule has 3 aromatic rings. The molecule has 1 unspecified atom stereocenters. The molecule has 1 aliphatic rings. The Labute approximate surface area is 221 Å². The van der Waals surface area contributed by atoms with Gasteiger partial charge < -0.3 is 14.6 Å². The van der Waals surface area contributed by atoms with Crippen LogP contribution in [-0.4, -0.2) is 46.4 Å². The minimum Gasteiger partial charge on any atom is -0.507 e. The molecule has 1 aliphatic heterocycles. The van der Waals surface area contributed by atoms with Crippen LogP contribution < -0.4 is 9.64 Å². The summed E-state index contributed by atoms with van der Waals surface area (Å²) in [5.41, 5.74) is 1.18. The number of methoxy groups -OCH3 is 1. The molecule has 0 spiro atoms. The number of amides is 1. The second-order valence-electron chi connectivity index (χ2n) is 8.33. The summed E-state index contributed by atoms with van der Waals surface area (Å²) in [6.45, 7) is 5.13. The molecular weight excluding hydrogens is 514 g/mol. The largest absolute Gasteiger partial charge is 0.507 e. The number of esters is 1. The third-order valence-electron chi connectivity index (χ3n) is 5.98. The number of Topliss-reactive ketones (excluding diaryl/α,β-unsaturated/α-hetero) is 1. The van der Waals surface area contributed by atoms with E-state index in [4.69, 9.17) is 9.47 Å². The van der Waals surface area contributed by atoms with Crippen molar-refractivity contribution in [2.24, 2.45) is 0 Å². The molecule has 0 radical (unpaired) electrons. The lowest BCUT2D eigenvalue weighted by molar-refractivity contribution is -0.384. The fraction of sp³-hybridized carbons (Fsp3) is 0.231. The van der Waals surface area contributed by atoms with Crippen molar-refractivity contribution in [1.82, 2.24) is 4.98 Å². The molecule has 38 heavy (non-hydrogen) atoms. The van der Waals surface area contributed by atoms with Crippen LogP contribution in [0.5, 0.6) is 5.75 Å². The number of aryl methyl sites for hydroxylation is 2. The van der Waals surface area contributed by atoms with Gasteiger partial charge in [-0.15, -0.1) is 0 Å². The van der Waals surface area contributed by atoms with E-state index in [1.165, 1.54) is 31.4 Å². The lowest BCUT2D eigenvalue weighted by Gasteiger charge is -2.23. The van der Waals surface area contributed by atoms with Crippen molar-refractivity contribution in [3.8, 4) is 5.75 Å². The first-order valence-corrected chi connectivity index (χ1v) is 12.3. The maximum atomic E-state index is 13.3. The summed E-state index contributed by atoms with van der Waals surface area (Å²) in [6.07, 6.45) is 0. The number of anilines is 1. The Morgan fingerprint density at radius 1 is 1.18 bits per heavy atom. The number of nitro groups is 1. The van der Waals surface area contributed by atoms with Gasteiger partial charge in [-0.05, 0) is 62.2 Å². The summed E-state index contributed by atoms with van der Waals surface area (Å²) in [7, 11) is 1.50. The summed E-state index contributed by atoms with van der Waals surface area (Å²) in [5.74, 6) is -2.42. The third-order valence-corrected chi connectivity index (χ3v) is 7.12. The molecule has 1 aromatic heterocycles. The predicted octanol–water partition coefficient (Wildman–Crippen LogP) is 4.48. The Morgan fingerprint density at radius 2 is 1.87 bits per heavy atom. The monoisotopic (exact) mass is 537 g/mol. The maximum absolute atomic E-state index is 13.3. The number of non-ortho nitro benzene ring substituents is 1. The molecule has 4 rings (SSSR count). The lowest BCUT2D eigenvalue weighted by Crippen LogP contribution is -2.29. The van der Waals surface area contributed by atoms with Gasteiger partial charge in [-0.2, -0.15) is 0 Å². The molecule has 1 atom stereocenters. The minimum absolute atomic E-state index is 0.0426. The molecule has 0 aliphatic carbocycles. The molecule has 1 saturated heterocycles. The van der Waals surface area contributed by atoms with Crippen molar-refractivity contribution in [1.29, 1.82) is 0 Å². The summed E-state index contributed by atoms with van der Waals surface area (Å²) >= 11 is 0.872. The van der Waals surface area contributed by atoms with E-state index in [1.807, 2.05) is 0 Å². The van der Waals surface area contributed by atoms with Crippen molar-refractivity contribution in [3.05, 3.63) is 85.4 Å². The van der Waals surface area contributed by atoms with Gasteiger partial charge in [-0.3, -0.25) is 24.6 Å². The van der Waals surface area contributed by atoms with Gasteiger partial charge in [0.05, 0.1) is 35.9 Å². The topological polar surface area (TPSA) is 149 Å². The van der Waals surface area contributed by atoms with E-state index in [-0.39, 0.29) is 33.4 Å². The summed E-state index contributed by atoms with van der Waals surface area (Å²) in [5, 5.41) is 22.5. The number of thiazole rings is 1. The molecule has 11 nitrogen and oxygen atoms in total. The first kappa shape index (κ1) is 26.5. The number of ketones is 1. The highest BCUT2D eigenvalue weighted by molar-refractivity contribution is 7.17. The van der Waals surface area contributed by atoms with Crippen LogP contribution >= 0.6 is 11.3 Å². The third kappa shape index (κ3) is 4.61. The fourth-order valence-corrected chi connectivity index (χ4v) is 5.16. The van der Waals surface area contributed by atoms with E-state index in [9.17, 15) is 29.6 Å². The zero-order valence-corrected chi connectivity index (χ0v) is 21.7. The highest BCUT2D eigenvalue weighted by Gasteiger charge is 2.48. The number of nitro benzene ring substituents is 1. The molecule has 0 bridgehead atoms. The van der Waals surface area contributed by atoms with Crippen LogP contribution in [-0.2, 0) is 14.3 Å². The fourth-order valence-electron chi connectivity index (χ4n) is 4.18. The van der Waals surface area contributed by atoms with Gasteiger partial charge in [0.1, 0.15) is 16.4 Å². The van der Waals surface area contributed by atoms with Gasteiger partial charge in [0.25, 0.3) is 11.5 Å². The van der Waals surface area contributed by atoms with Crippen molar-refractivity contribution >= 4 is 45.6 Å². The molecule has 12 heteroatoms. The molecule has 1 N–H and O–H groups in total. The van der Waals surface area contributed by atoms with Crippen LogP contribution in [0.25, 0.3) is 5.76 Å². The van der Waals surface area contributed by atoms with Crippen LogP contribution in [0.1, 0.15) is 45.0 Å². The summed E-state index contributed by atoms with van der Waals surface area (Å²) in [6, 6.07) is 8.90. The molecular formula is C26H23N3O8S. The van der Waals surface area contributed by atoms with Gasteiger partial charge in [-0.1, -0.05) is 11.3 Å². The summed E-state index contributed by atoms with van der Waals surface area (Å²) in [4.78, 5) is 55.3. The second-order valence-corrected chi connectivity index (χ2v) is 9.31. The SMILES string of the molecule is CCOC(=O)c1sc(N2C(=O)C(=O)/C(=C(/O)c3ccc(OC)c(C)c3)C2c2ccc([N+](=O)[O-])cc2)nc1C. The summed E-state index contributed by atoms with van der Waals surface area (Å²) < 4.78 is 10.3. The first-order chi connectivity index (χ1) is 18.1. The molecule has 196 valence electrons. The average Bonchev–Trinajstić information content (AvgIpc) is 3.40. The smallest absolute Gasteiger partial charge is 0.350 e. The Bertz CT molecular complexity index is 1490. The van der Waals surface area contributed by atoms with Crippen molar-refractivity contribution in [2.45, 2.75) is 26.8 Å². The number of hydrogen-bond donors (Lipinski definition) is 1. The molecule has 1 amide bonds. The van der Waals surface area contributed by atoms with Crippen LogP contribution in [0, 0.1) is 24.0 Å². The van der Waals surface area contributed by atoms with Gasteiger partial charge in [0.15, 0.2) is 5.13 Å². The number of hydrogen-bond acceptors (Lipinski definition) is 10. The van der Waals surface area contributed by atoms with E-state index in [2.05, 4.69) is 4.98 Å². The average molecular weight is 538 g/mol. The Hall–Kier alpha value is -4.58. The van der Waals surface area contributed by atoms with E-state index in [1.54, 1.807) is 39.0 Å². The predicted molar refractivity (Wildman–Crippen MR) is 138 cm³/mol. The molecule has 1 fully saturated rings. The first-order valence-electron chi connectivity index (χ1n) is 11.4. The standard InChI is InChI=1S/C26H23N3O8S/c1-5-37-25(33)23-14(3)27-26(38-23)28-20(15-6-9-17(10-7-15)29(34)35)19(22(31)24(28)32)21(30)16-8-11-18(36-4)13(2)12-16/h6-12,20,30H,5H2,1-4H3/b21-19+. The molecule has 2 aromatic carbocycles. The van der Waals surface area contributed by atoms with Crippen molar-refractivity contribution in [2.75, 3.05) is 18.6 Å². The molecule has 0 saturated carbocycles. The number of nitrogens with zero attached hydrogens (tertiary/aromatic N) is 3. The lowest BCUT2D eigenvalue weighted by atomic mass is 9.94. The maximum Gasteiger partial charge on any atom is 0.350 e. The van der Waals surface area contributed by atoms with Crippen molar-refractivity contribution < 1.29 is 33.9 Å². The normalized spacial score (nSPS) is 16.5. The minimum atomic E-state index is -1.17. The number of rotatable bonds is 7. The van der Waals surface area contributed by atoms with Gasteiger partial charge >= 0.3 is 11.9 Å². The number of aliphatic hydroxyl groups is 1. The Balaban J connectivity index is 1.92. The Kier molecular flexibility index (Phi) is 7.26. The highest BCUT2D eigenvalue weighted by atomic mass is 32.1. The van der Waals surface area contributed by atoms with E-state index in [0.29, 0.717) is 22.6 Å². The number of ether oxygens (including phenoxy) is 2. The van der Waals surface area contributed by atoms with Crippen molar-refractivity contribution in [3.63, 3.8) is 0 Å². The van der Waals surface area contributed by atoms with E-state index < -0.39 is 34.4 Å². The highest BCUT2D eigenvalue weighted by Crippen LogP contribution is 2.44. The van der Waals surface area contributed by atoms with Crippen LogP contribution in [0.15, 0.2) is 48.0 Å². The van der Waals surface area contributed by atoms with Crippen LogP contribution in [0.4, 0.5) is 10.8 Å². The Morgan fingerprint density at radius 3 is 2.45 bits per heavy atom. The van der Waals surface area contributed by atoms with Crippen LogP contribution in [0.2, 0.25) is 0 Å². The second kappa shape index (κ2) is 10.4. The number of aromatic nitrogens is 1. The van der Waals surface area contributed by atoms with E-state index in [0.717, 1.165) is 16.2 Å². The number of aliphatic hydroxyl groups excluding tert-OH is 1. The number of carbonyl (C=O) groups is 3. The van der Waals surface area contributed by atoms with Gasteiger partial charge in [0.2, 0.25) is 0 Å².